The van der Waals surface area contributed by atoms with E-state index in [1.807, 2.05) is 0 Å². The van der Waals surface area contributed by atoms with Crippen LogP contribution in [-0.4, -0.2) is 45.4 Å². The summed E-state index contributed by atoms with van der Waals surface area (Å²) in [5, 5.41) is 0. The topological polar surface area (TPSA) is 46.6 Å². The number of nitrogens with zero attached hydrogens (tertiary/aromatic N) is 1. The predicted molar refractivity (Wildman–Crippen MR) is 75.5 cm³/mol. The number of alkyl halides is 1. The molecule has 0 saturated carbocycles. The van der Waals surface area contributed by atoms with Crippen molar-refractivity contribution in [1.82, 2.24) is 4.31 Å². The lowest BCUT2D eigenvalue weighted by Crippen LogP contribution is -2.36. The van der Waals surface area contributed by atoms with E-state index >= 15 is 0 Å². The van der Waals surface area contributed by atoms with Crippen LogP contribution in [0.1, 0.15) is 0 Å². The number of methoxy groups -OCH3 is 1. The Morgan fingerprint density at radius 2 is 2.11 bits per heavy atom. The zero-order valence-electron chi connectivity index (χ0n) is 10.3. The molecule has 0 amide bonds. The Labute approximate surface area is 125 Å². The fourth-order valence-electron chi connectivity index (χ4n) is 1.46. The van der Waals surface area contributed by atoms with E-state index in [0.717, 1.165) is 10.4 Å². The Morgan fingerprint density at radius 3 is 2.63 bits per heavy atom. The van der Waals surface area contributed by atoms with Gasteiger partial charge in [-0.15, -0.1) is 11.6 Å². The van der Waals surface area contributed by atoms with Crippen LogP contribution < -0.4 is 0 Å². The molecule has 0 atom stereocenters. The van der Waals surface area contributed by atoms with Gasteiger partial charge in [-0.05, 0) is 18.2 Å². The third-order valence-corrected chi connectivity index (χ3v) is 4.98. The van der Waals surface area contributed by atoms with E-state index in [2.05, 4.69) is 15.9 Å². The maximum Gasteiger partial charge on any atom is 0.246 e. The second kappa shape index (κ2) is 7.54. The van der Waals surface area contributed by atoms with Crippen LogP contribution in [-0.2, 0) is 14.8 Å². The molecule has 0 aliphatic rings. The molecule has 19 heavy (non-hydrogen) atoms. The fourth-order valence-corrected chi connectivity index (χ4v) is 3.57. The first kappa shape index (κ1) is 16.8. The monoisotopic (exact) mass is 373 g/mol. The molecule has 0 unspecified atom stereocenters. The molecule has 0 fully saturated rings. The zero-order chi connectivity index (χ0) is 14.5. The van der Waals surface area contributed by atoms with E-state index in [9.17, 15) is 12.8 Å². The molecule has 8 heteroatoms. The molecule has 0 aliphatic carbocycles. The van der Waals surface area contributed by atoms with Gasteiger partial charge in [-0.1, -0.05) is 15.9 Å². The average Bonchev–Trinajstić information content (AvgIpc) is 2.33. The van der Waals surface area contributed by atoms with E-state index in [-0.39, 0.29) is 30.5 Å². The lowest BCUT2D eigenvalue weighted by Gasteiger charge is -2.21. The summed E-state index contributed by atoms with van der Waals surface area (Å²) in [6.45, 7) is 0.443. The Balaban J connectivity index is 3.11. The molecule has 0 bridgehead atoms. The minimum Gasteiger partial charge on any atom is -0.383 e. The van der Waals surface area contributed by atoms with Crippen LogP contribution in [0.15, 0.2) is 27.6 Å². The number of rotatable bonds is 7. The van der Waals surface area contributed by atoms with Crippen LogP contribution in [0, 0.1) is 5.82 Å². The first-order valence-electron chi connectivity index (χ1n) is 5.43. The number of hydrogen-bond acceptors (Lipinski definition) is 3. The minimum absolute atomic E-state index is 0.1000. The highest BCUT2D eigenvalue weighted by atomic mass is 79.9. The predicted octanol–water partition coefficient (Wildman–Crippen LogP) is 2.46. The lowest BCUT2D eigenvalue weighted by atomic mass is 10.3. The number of halogens is 3. The molecule has 0 radical (unpaired) electrons. The number of benzene rings is 1. The van der Waals surface area contributed by atoms with Gasteiger partial charge >= 0.3 is 0 Å². The summed E-state index contributed by atoms with van der Waals surface area (Å²) in [5.74, 6) is -0.674. The van der Waals surface area contributed by atoms with Crippen molar-refractivity contribution in [1.29, 1.82) is 0 Å². The molecular weight excluding hydrogens is 361 g/mol. The van der Waals surface area contributed by atoms with E-state index in [4.69, 9.17) is 16.3 Å². The first-order valence-corrected chi connectivity index (χ1v) is 8.20. The number of sulfonamides is 1. The van der Waals surface area contributed by atoms with Gasteiger partial charge in [-0.2, -0.15) is 4.31 Å². The third-order valence-electron chi connectivity index (χ3n) is 2.39. The summed E-state index contributed by atoms with van der Waals surface area (Å²) in [6.07, 6.45) is 0. The average molecular weight is 375 g/mol. The molecule has 0 aromatic heterocycles. The summed E-state index contributed by atoms with van der Waals surface area (Å²) in [6, 6.07) is 3.82. The highest BCUT2D eigenvalue weighted by Crippen LogP contribution is 2.22. The quantitative estimate of drug-likeness (QED) is 0.689. The van der Waals surface area contributed by atoms with Crippen LogP contribution in [0.4, 0.5) is 4.39 Å². The summed E-state index contributed by atoms with van der Waals surface area (Å²) < 4.78 is 44.8. The number of ether oxygens (including phenoxy) is 1. The normalized spacial score (nSPS) is 12.1. The molecule has 0 aliphatic heterocycles. The van der Waals surface area contributed by atoms with E-state index < -0.39 is 15.8 Å². The van der Waals surface area contributed by atoms with Crippen LogP contribution in [0.3, 0.4) is 0 Å². The highest BCUT2D eigenvalue weighted by Gasteiger charge is 2.26. The Bertz CT molecular complexity index is 527. The van der Waals surface area contributed by atoms with Gasteiger partial charge in [0.05, 0.1) is 6.61 Å². The SMILES string of the molecule is COCCN(CCCl)S(=O)(=O)c1ccc(Br)cc1F. The summed E-state index contributed by atoms with van der Waals surface area (Å²) >= 11 is 8.67. The largest absolute Gasteiger partial charge is 0.383 e. The maximum absolute atomic E-state index is 13.8. The standard InChI is InChI=1S/C11H14BrClFNO3S/c1-18-7-6-15(5-4-13)19(16,17)11-3-2-9(12)8-10(11)14/h2-3,8H,4-7H2,1H3. The van der Waals surface area contributed by atoms with Crippen molar-refractivity contribution in [2.45, 2.75) is 4.90 Å². The zero-order valence-corrected chi connectivity index (χ0v) is 13.4. The second-order valence-electron chi connectivity index (χ2n) is 3.66. The molecule has 0 spiro atoms. The van der Waals surface area contributed by atoms with Gasteiger partial charge in [0, 0.05) is 30.6 Å². The molecule has 108 valence electrons. The Morgan fingerprint density at radius 1 is 1.42 bits per heavy atom. The van der Waals surface area contributed by atoms with Crippen LogP contribution in [0.2, 0.25) is 0 Å². The van der Waals surface area contributed by atoms with E-state index in [0.29, 0.717) is 4.47 Å². The third kappa shape index (κ3) is 4.39. The van der Waals surface area contributed by atoms with E-state index in [1.165, 1.54) is 19.2 Å². The van der Waals surface area contributed by atoms with Gasteiger partial charge in [-0.25, -0.2) is 12.8 Å². The second-order valence-corrected chi connectivity index (χ2v) is 6.86. The highest BCUT2D eigenvalue weighted by molar-refractivity contribution is 9.10. The molecule has 1 aromatic carbocycles. The van der Waals surface area contributed by atoms with Gasteiger partial charge < -0.3 is 4.74 Å². The molecule has 0 saturated heterocycles. The minimum atomic E-state index is -3.91. The molecular formula is C11H14BrClFNO3S. The van der Waals surface area contributed by atoms with Crippen molar-refractivity contribution < 1.29 is 17.5 Å². The van der Waals surface area contributed by atoms with Crippen LogP contribution in [0.5, 0.6) is 0 Å². The van der Waals surface area contributed by atoms with Gasteiger partial charge in [0.15, 0.2) is 0 Å². The van der Waals surface area contributed by atoms with Crippen molar-refractivity contribution in [2.24, 2.45) is 0 Å². The smallest absolute Gasteiger partial charge is 0.246 e. The van der Waals surface area contributed by atoms with Crippen LogP contribution in [0.25, 0.3) is 0 Å². The van der Waals surface area contributed by atoms with Gasteiger partial charge in [0.25, 0.3) is 0 Å². The van der Waals surface area contributed by atoms with Gasteiger partial charge in [0.2, 0.25) is 10.0 Å². The molecule has 0 heterocycles. The van der Waals surface area contributed by atoms with Crippen molar-refractivity contribution >= 4 is 37.6 Å². The van der Waals surface area contributed by atoms with Crippen molar-refractivity contribution in [3.63, 3.8) is 0 Å². The molecule has 0 N–H and O–H groups in total. The van der Waals surface area contributed by atoms with Crippen molar-refractivity contribution in [2.75, 3.05) is 32.7 Å². The fraction of sp³-hybridized carbons (Fsp3) is 0.455. The van der Waals surface area contributed by atoms with E-state index in [1.54, 1.807) is 0 Å². The molecule has 4 nitrogen and oxygen atoms in total. The van der Waals surface area contributed by atoms with Crippen molar-refractivity contribution in [3.8, 4) is 0 Å². The maximum atomic E-state index is 13.8. The molecule has 1 aromatic rings. The summed E-state index contributed by atoms with van der Waals surface area (Å²) in [4.78, 5) is -0.364. The van der Waals surface area contributed by atoms with Crippen molar-refractivity contribution in [3.05, 3.63) is 28.5 Å². The van der Waals surface area contributed by atoms with Crippen LogP contribution >= 0.6 is 27.5 Å². The number of hydrogen-bond donors (Lipinski definition) is 0. The summed E-state index contributed by atoms with van der Waals surface area (Å²) in [7, 11) is -2.45. The Kier molecular flexibility index (Phi) is 6.68. The first-order chi connectivity index (χ1) is 8.93. The van der Waals surface area contributed by atoms with Gasteiger partial charge in [-0.3, -0.25) is 0 Å². The Hall–Kier alpha value is -0.210. The van der Waals surface area contributed by atoms with Gasteiger partial charge in [0.1, 0.15) is 10.7 Å². The lowest BCUT2D eigenvalue weighted by molar-refractivity contribution is 0.180. The summed E-state index contributed by atoms with van der Waals surface area (Å²) in [5.41, 5.74) is 0. The molecule has 1 rings (SSSR count).